The number of rotatable bonds is 3. The van der Waals surface area contributed by atoms with Crippen LogP contribution in [-0.4, -0.2) is 21.2 Å². The number of urea groups is 1. The number of anilines is 1. The zero-order chi connectivity index (χ0) is 17.1. The van der Waals surface area contributed by atoms with Crippen LogP contribution in [0.25, 0.3) is 10.9 Å². The van der Waals surface area contributed by atoms with Crippen molar-refractivity contribution < 1.29 is 4.79 Å². The molecule has 25 heavy (non-hydrogen) atoms. The number of amides is 2. The highest BCUT2D eigenvalue weighted by atomic mass is 16.2. The summed E-state index contributed by atoms with van der Waals surface area (Å²) in [4.78, 5) is 16.6. The maximum atomic E-state index is 12.2. The van der Waals surface area contributed by atoms with E-state index in [1.165, 1.54) is 24.0 Å². The Hall–Kier alpha value is -3.02. The van der Waals surface area contributed by atoms with Crippen molar-refractivity contribution in [1.29, 1.82) is 0 Å². The van der Waals surface area contributed by atoms with Crippen LogP contribution in [0.3, 0.4) is 0 Å². The summed E-state index contributed by atoms with van der Waals surface area (Å²) in [6.45, 7) is 0.413. The molecule has 0 fully saturated rings. The molecule has 6 heteroatoms. The quantitative estimate of drug-likeness (QED) is 0.771. The average Bonchev–Trinajstić information content (AvgIpc) is 2.66. The van der Waals surface area contributed by atoms with Crippen molar-refractivity contribution in [3.63, 3.8) is 0 Å². The molecule has 0 spiro atoms. The predicted octanol–water partition coefficient (Wildman–Crippen LogP) is 3.23. The first-order valence-corrected chi connectivity index (χ1v) is 8.52. The lowest BCUT2D eigenvalue weighted by molar-refractivity contribution is 0.251. The van der Waals surface area contributed by atoms with E-state index in [0.29, 0.717) is 12.4 Å². The standard InChI is InChI=1S/C19H19N5O/c25-19(22-18-11-14-6-2-4-8-16(14)23-24-18)21-12-17-15-7-3-1-5-13(15)9-10-20-17/h2,4,6,8-11H,1,3,5,7,12H2,(H2,21,22,24,25). The van der Waals surface area contributed by atoms with Crippen molar-refractivity contribution >= 4 is 22.8 Å². The van der Waals surface area contributed by atoms with E-state index in [2.05, 4.69) is 31.9 Å². The molecular weight excluding hydrogens is 314 g/mol. The Kier molecular flexibility index (Phi) is 4.24. The number of carbonyl (C=O) groups excluding carboxylic acids is 1. The van der Waals surface area contributed by atoms with Crippen molar-refractivity contribution in [1.82, 2.24) is 20.5 Å². The van der Waals surface area contributed by atoms with Crippen molar-refractivity contribution in [2.45, 2.75) is 32.2 Å². The molecule has 3 aromatic rings. The summed E-state index contributed by atoms with van der Waals surface area (Å²) in [5, 5.41) is 14.7. The second-order valence-corrected chi connectivity index (χ2v) is 6.20. The lowest BCUT2D eigenvalue weighted by atomic mass is 9.91. The van der Waals surface area contributed by atoms with Gasteiger partial charge < -0.3 is 5.32 Å². The monoisotopic (exact) mass is 333 g/mol. The van der Waals surface area contributed by atoms with E-state index in [1.54, 1.807) is 0 Å². The molecule has 0 unspecified atom stereocenters. The van der Waals surface area contributed by atoms with Crippen LogP contribution >= 0.6 is 0 Å². The number of aromatic nitrogens is 3. The number of nitrogens with one attached hydrogen (secondary N) is 2. The van der Waals surface area contributed by atoms with Gasteiger partial charge in [0, 0.05) is 11.6 Å². The number of carbonyl (C=O) groups is 1. The molecule has 1 aliphatic rings. The van der Waals surface area contributed by atoms with E-state index < -0.39 is 0 Å². The smallest absolute Gasteiger partial charge is 0.320 e. The van der Waals surface area contributed by atoms with E-state index in [1.807, 2.05) is 36.5 Å². The summed E-state index contributed by atoms with van der Waals surface area (Å²) in [6.07, 6.45) is 6.38. The number of benzene rings is 1. The second-order valence-electron chi connectivity index (χ2n) is 6.20. The van der Waals surface area contributed by atoms with Crippen molar-refractivity contribution in [3.05, 3.63) is 59.4 Å². The van der Waals surface area contributed by atoms with Gasteiger partial charge in [0.2, 0.25) is 0 Å². The molecule has 0 saturated carbocycles. The van der Waals surface area contributed by atoms with Gasteiger partial charge in [-0.05, 0) is 55.0 Å². The third kappa shape index (κ3) is 3.42. The van der Waals surface area contributed by atoms with E-state index in [4.69, 9.17) is 0 Å². The van der Waals surface area contributed by atoms with Crippen LogP contribution in [0.2, 0.25) is 0 Å². The van der Waals surface area contributed by atoms with Gasteiger partial charge in [-0.15, -0.1) is 10.2 Å². The van der Waals surface area contributed by atoms with Crippen LogP contribution in [0.4, 0.5) is 10.6 Å². The number of pyridine rings is 1. The number of fused-ring (bicyclic) bond motifs is 2. The van der Waals surface area contributed by atoms with Gasteiger partial charge in [0.05, 0.1) is 17.8 Å². The third-order valence-corrected chi connectivity index (χ3v) is 4.52. The molecule has 1 aliphatic carbocycles. The van der Waals surface area contributed by atoms with Crippen molar-refractivity contribution in [3.8, 4) is 0 Å². The molecule has 2 amide bonds. The fourth-order valence-corrected chi connectivity index (χ4v) is 3.26. The fraction of sp³-hybridized carbons (Fsp3) is 0.263. The molecule has 0 saturated heterocycles. The topological polar surface area (TPSA) is 79.8 Å². The molecule has 0 atom stereocenters. The van der Waals surface area contributed by atoms with E-state index in [0.717, 1.165) is 29.4 Å². The third-order valence-electron chi connectivity index (χ3n) is 4.52. The summed E-state index contributed by atoms with van der Waals surface area (Å²) < 4.78 is 0. The summed E-state index contributed by atoms with van der Waals surface area (Å²) in [6, 6.07) is 11.2. The molecule has 0 radical (unpaired) electrons. The van der Waals surface area contributed by atoms with Crippen LogP contribution in [-0.2, 0) is 19.4 Å². The molecule has 4 rings (SSSR count). The molecular formula is C19H19N5O. The molecule has 0 bridgehead atoms. The maximum absolute atomic E-state index is 12.2. The Morgan fingerprint density at radius 2 is 1.96 bits per heavy atom. The number of hydrogen-bond donors (Lipinski definition) is 2. The Morgan fingerprint density at radius 1 is 1.08 bits per heavy atom. The van der Waals surface area contributed by atoms with Gasteiger partial charge in [0.25, 0.3) is 0 Å². The number of aryl methyl sites for hydroxylation is 1. The summed E-state index contributed by atoms with van der Waals surface area (Å²) >= 11 is 0. The van der Waals surface area contributed by atoms with Gasteiger partial charge in [0.15, 0.2) is 5.82 Å². The van der Waals surface area contributed by atoms with Crippen LogP contribution in [0.5, 0.6) is 0 Å². The fourth-order valence-electron chi connectivity index (χ4n) is 3.26. The Bertz CT molecular complexity index is 925. The highest BCUT2D eigenvalue weighted by molar-refractivity contribution is 5.90. The van der Waals surface area contributed by atoms with Gasteiger partial charge >= 0.3 is 6.03 Å². The van der Waals surface area contributed by atoms with Gasteiger partial charge in [-0.3, -0.25) is 10.3 Å². The summed E-state index contributed by atoms with van der Waals surface area (Å²) in [5.41, 5.74) is 4.41. The first kappa shape index (κ1) is 15.5. The summed E-state index contributed by atoms with van der Waals surface area (Å²) in [5.74, 6) is 0.430. The van der Waals surface area contributed by atoms with Crippen LogP contribution in [0, 0.1) is 0 Å². The van der Waals surface area contributed by atoms with Crippen molar-refractivity contribution in [2.75, 3.05) is 5.32 Å². The Labute approximate surface area is 145 Å². The van der Waals surface area contributed by atoms with Crippen LogP contribution in [0.1, 0.15) is 29.7 Å². The molecule has 1 aromatic carbocycles. The minimum atomic E-state index is -0.306. The maximum Gasteiger partial charge on any atom is 0.320 e. The van der Waals surface area contributed by atoms with Crippen molar-refractivity contribution in [2.24, 2.45) is 0 Å². The van der Waals surface area contributed by atoms with Crippen LogP contribution < -0.4 is 10.6 Å². The second kappa shape index (κ2) is 6.84. The van der Waals surface area contributed by atoms with E-state index >= 15 is 0 Å². The van der Waals surface area contributed by atoms with Gasteiger partial charge in [0.1, 0.15) is 0 Å². The van der Waals surface area contributed by atoms with E-state index in [-0.39, 0.29) is 6.03 Å². The molecule has 2 N–H and O–H groups in total. The number of hydrogen-bond acceptors (Lipinski definition) is 4. The first-order chi connectivity index (χ1) is 12.3. The molecule has 126 valence electrons. The molecule has 2 heterocycles. The lowest BCUT2D eigenvalue weighted by Gasteiger charge is -2.18. The minimum absolute atomic E-state index is 0.306. The van der Waals surface area contributed by atoms with Gasteiger partial charge in [-0.1, -0.05) is 18.2 Å². The normalized spacial score (nSPS) is 13.3. The Balaban J connectivity index is 1.42. The minimum Gasteiger partial charge on any atom is -0.332 e. The van der Waals surface area contributed by atoms with Gasteiger partial charge in [-0.2, -0.15) is 0 Å². The first-order valence-electron chi connectivity index (χ1n) is 8.52. The Morgan fingerprint density at radius 3 is 2.92 bits per heavy atom. The largest absolute Gasteiger partial charge is 0.332 e. The zero-order valence-electron chi connectivity index (χ0n) is 13.8. The molecule has 2 aromatic heterocycles. The highest BCUT2D eigenvalue weighted by Crippen LogP contribution is 2.23. The predicted molar refractivity (Wildman–Crippen MR) is 96.3 cm³/mol. The average molecular weight is 333 g/mol. The molecule has 6 nitrogen and oxygen atoms in total. The zero-order valence-corrected chi connectivity index (χ0v) is 13.8. The molecule has 0 aliphatic heterocycles. The highest BCUT2D eigenvalue weighted by Gasteiger charge is 2.14. The van der Waals surface area contributed by atoms with Crippen LogP contribution in [0.15, 0.2) is 42.6 Å². The van der Waals surface area contributed by atoms with Gasteiger partial charge in [-0.25, -0.2) is 4.79 Å². The van der Waals surface area contributed by atoms with E-state index in [9.17, 15) is 4.79 Å². The SMILES string of the molecule is O=C(NCc1nccc2c1CCCC2)Nc1cc2ccccc2nn1. The lowest BCUT2D eigenvalue weighted by Crippen LogP contribution is -2.29. The number of nitrogens with zero attached hydrogens (tertiary/aromatic N) is 3. The summed E-state index contributed by atoms with van der Waals surface area (Å²) in [7, 11) is 0.